The van der Waals surface area contributed by atoms with E-state index in [0.29, 0.717) is 0 Å². The molecule has 4 heteroatoms. The van der Waals surface area contributed by atoms with Gasteiger partial charge in [-0.1, -0.05) is 18.2 Å². The van der Waals surface area contributed by atoms with Crippen LogP contribution < -0.4 is 4.89 Å². The van der Waals surface area contributed by atoms with Crippen LogP contribution in [0.25, 0.3) is 10.9 Å². The highest BCUT2D eigenvalue weighted by Gasteiger charge is 2.07. The summed E-state index contributed by atoms with van der Waals surface area (Å²) in [7, 11) is -2.54. The maximum Gasteiger partial charge on any atom is 0.444 e. The lowest BCUT2D eigenvalue weighted by atomic mass is 10.3. The molecule has 2 aromatic rings. The molecule has 1 aromatic carbocycles. The Morgan fingerprint density at radius 2 is 2.00 bits per heavy atom. The van der Waals surface area contributed by atoms with E-state index in [9.17, 15) is 9.46 Å². The van der Waals surface area contributed by atoms with Crippen LogP contribution in [0, 0.1) is 0 Å². The second kappa shape index (κ2) is 2.70. The summed E-state index contributed by atoms with van der Waals surface area (Å²) in [6.45, 7) is 0. The molecule has 0 fully saturated rings. The molecule has 1 atom stereocenters. The number of hydrogen-bond acceptors (Lipinski definition) is 2. The zero-order valence-electron chi connectivity index (χ0n) is 6.18. The van der Waals surface area contributed by atoms with Crippen molar-refractivity contribution in [3.05, 3.63) is 36.5 Å². The minimum Gasteiger partial charge on any atom is -0.573 e. The molecule has 0 saturated carbocycles. The Balaban J connectivity index is 2.79. The molecule has 1 unspecified atom stereocenters. The van der Waals surface area contributed by atoms with Gasteiger partial charge in [0.15, 0.2) is 0 Å². The van der Waals surface area contributed by atoms with Crippen LogP contribution in [0.5, 0.6) is 0 Å². The molecular formula is C8H6NO2P. The Morgan fingerprint density at radius 3 is 2.75 bits per heavy atom. The smallest absolute Gasteiger partial charge is 0.444 e. The largest absolute Gasteiger partial charge is 0.573 e. The minimum absolute atomic E-state index is 0.730. The lowest BCUT2D eigenvalue weighted by molar-refractivity contribution is -0.166. The first-order valence-corrected chi connectivity index (χ1v) is 4.63. The maximum absolute atomic E-state index is 10.7. The van der Waals surface area contributed by atoms with Gasteiger partial charge in [0.2, 0.25) is 0 Å². The van der Waals surface area contributed by atoms with E-state index in [-0.39, 0.29) is 0 Å². The molecule has 2 rings (SSSR count). The van der Waals surface area contributed by atoms with Crippen molar-refractivity contribution in [2.75, 3.05) is 0 Å². The van der Waals surface area contributed by atoms with Gasteiger partial charge in [0, 0.05) is 5.39 Å². The molecule has 1 aromatic heterocycles. The van der Waals surface area contributed by atoms with Gasteiger partial charge in [-0.2, -0.15) is 0 Å². The molecule has 0 aliphatic carbocycles. The summed E-state index contributed by atoms with van der Waals surface area (Å²) < 4.78 is 11.9. The molecular weight excluding hydrogens is 173 g/mol. The third-order valence-electron chi connectivity index (χ3n) is 1.75. The number of benzene rings is 1. The van der Waals surface area contributed by atoms with Crippen molar-refractivity contribution in [2.24, 2.45) is 0 Å². The van der Waals surface area contributed by atoms with Crippen LogP contribution in [0.3, 0.4) is 0 Å². The number of rotatable bonds is 1. The lowest BCUT2D eigenvalue weighted by Gasteiger charge is -1.91. The van der Waals surface area contributed by atoms with Crippen LogP contribution in [-0.4, -0.2) is 4.34 Å². The molecule has 60 valence electrons. The Labute approximate surface area is 70.2 Å². The monoisotopic (exact) mass is 179 g/mol. The van der Waals surface area contributed by atoms with Crippen molar-refractivity contribution in [1.29, 1.82) is 0 Å². The standard InChI is InChI=1S/C8H6NO2P/c10-12(11)9-6-5-7-3-1-2-4-8(7)9/h1-6H. The topological polar surface area (TPSA) is 45.1 Å². The first kappa shape index (κ1) is 7.47. The average Bonchev–Trinajstić information content (AvgIpc) is 2.47. The molecule has 12 heavy (non-hydrogen) atoms. The van der Waals surface area contributed by atoms with Gasteiger partial charge in [-0.25, -0.2) is 0 Å². The van der Waals surface area contributed by atoms with Crippen molar-refractivity contribution in [3.8, 4) is 0 Å². The van der Waals surface area contributed by atoms with Crippen LogP contribution in [0.2, 0.25) is 0 Å². The van der Waals surface area contributed by atoms with Crippen molar-refractivity contribution < 1.29 is 9.46 Å². The van der Waals surface area contributed by atoms with E-state index in [1.54, 1.807) is 18.3 Å². The normalized spacial score (nSPS) is 11.9. The van der Waals surface area contributed by atoms with E-state index in [0.717, 1.165) is 10.9 Å². The van der Waals surface area contributed by atoms with Gasteiger partial charge in [0.05, 0.1) is 11.7 Å². The number of nitrogens with zero attached hydrogens (tertiary/aromatic N) is 1. The van der Waals surface area contributed by atoms with E-state index in [2.05, 4.69) is 0 Å². The highest BCUT2D eigenvalue weighted by atomic mass is 31.1. The summed E-state index contributed by atoms with van der Waals surface area (Å²) >= 11 is 0. The van der Waals surface area contributed by atoms with Gasteiger partial charge in [-0.3, -0.25) is 0 Å². The third kappa shape index (κ3) is 1.04. The van der Waals surface area contributed by atoms with Crippen LogP contribution in [0.15, 0.2) is 36.5 Å². The van der Waals surface area contributed by atoms with Crippen LogP contribution in [-0.2, 0) is 4.57 Å². The van der Waals surface area contributed by atoms with Gasteiger partial charge in [0.25, 0.3) is 0 Å². The molecule has 0 bridgehead atoms. The highest BCUT2D eigenvalue weighted by molar-refractivity contribution is 7.34. The van der Waals surface area contributed by atoms with Crippen molar-refractivity contribution >= 4 is 19.1 Å². The quantitative estimate of drug-likeness (QED) is 0.623. The Hall–Kier alpha value is -1.18. The lowest BCUT2D eigenvalue weighted by Crippen LogP contribution is -1.94. The predicted octanol–water partition coefficient (Wildman–Crippen LogP) is 1.51. The number of fused-ring (bicyclic) bond motifs is 1. The minimum atomic E-state index is -2.54. The average molecular weight is 179 g/mol. The number of hydrogen-bond donors (Lipinski definition) is 0. The van der Waals surface area contributed by atoms with Gasteiger partial charge in [0.1, 0.15) is 0 Å². The first-order valence-electron chi connectivity index (χ1n) is 3.50. The fourth-order valence-electron chi connectivity index (χ4n) is 1.21. The van der Waals surface area contributed by atoms with Crippen molar-refractivity contribution in [3.63, 3.8) is 0 Å². The Morgan fingerprint density at radius 1 is 1.25 bits per heavy atom. The van der Waals surface area contributed by atoms with Crippen molar-refractivity contribution in [2.45, 2.75) is 0 Å². The molecule has 0 saturated heterocycles. The van der Waals surface area contributed by atoms with E-state index < -0.39 is 8.18 Å². The second-order valence-corrected chi connectivity index (χ2v) is 3.36. The van der Waals surface area contributed by atoms with Crippen LogP contribution in [0.1, 0.15) is 0 Å². The fourth-order valence-corrected chi connectivity index (χ4v) is 1.74. The fraction of sp³-hybridized carbons (Fsp3) is 0. The second-order valence-electron chi connectivity index (χ2n) is 2.46. The zero-order chi connectivity index (χ0) is 8.55. The van der Waals surface area contributed by atoms with Gasteiger partial charge in [-0.15, -0.1) is 4.34 Å². The number of aromatic nitrogens is 1. The molecule has 1 heterocycles. The Kier molecular flexibility index (Phi) is 1.68. The summed E-state index contributed by atoms with van der Waals surface area (Å²) in [6, 6.07) is 9.13. The van der Waals surface area contributed by atoms with E-state index in [1.165, 1.54) is 4.34 Å². The van der Waals surface area contributed by atoms with Crippen LogP contribution >= 0.6 is 8.18 Å². The first-order chi connectivity index (χ1) is 5.79. The molecule has 0 aliphatic heterocycles. The van der Waals surface area contributed by atoms with E-state index >= 15 is 0 Å². The van der Waals surface area contributed by atoms with Gasteiger partial charge in [-0.05, 0) is 16.7 Å². The van der Waals surface area contributed by atoms with E-state index in [1.807, 2.05) is 18.2 Å². The third-order valence-corrected chi connectivity index (χ3v) is 2.46. The van der Waals surface area contributed by atoms with Crippen molar-refractivity contribution in [1.82, 2.24) is 4.34 Å². The molecule has 0 amide bonds. The predicted molar refractivity (Wildman–Crippen MR) is 44.9 cm³/mol. The van der Waals surface area contributed by atoms with E-state index in [4.69, 9.17) is 0 Å². The molecule has 0 N–H and O–H groups in total. The summed E-state index contributed by atoms with van der Waals surface area (Å²) in [5.74, 6) is 0. The molecule has 3 nitrogen and oxygen atoms in total. The number of para-hydroxylation sites is 1. The summed E-state index contributed by atoms with van der Waals surface area (Å²) in [5, 5.41) is 0.941. The van der Waals surface area contributed by atoms with Gasteiger partial charge >= 0.3 is 8.18 Å². The van der Waals surface area contributed by atoms with Crippen LogP contribution in [0.4, 0.5) is 0 Å². The Bertz CT molecular complexity index is 435. The zero-order valence-corrected chi connectivity index (χ0v) is 7.07. The molecule has 0 spiro atoms. The maximum atomic E-state index is 10.7. The van der Waals surface area contributed by atoms with Gasteiger partial charge < -0.3 is 4.89 Å². The summed E-state index contributed by atoms with van der Waals surface area (Å²) in [6.07, 6.45) is 1.55. The SMILES string of the molecule is O=[P+]([O-])n1ccc2ccccc21. The molecule has 0 radical (unpaired) electrons. The summed E-state index contributed by atoms with van der Waals surface area (Å²) in [5.41, 5.74) is 0.730. The highest BCUT2D eigenvalue weighted by Crippen LogP contribution is 2.23. The summed E-state index contributed by atoms with van der Waals surface area (Å²) in [4.78, 5) is 10.7. The molecule has 0 aliphatic rings.